The lowest BCUT2D eigenvalue weighted by Gasteiger charge is -2.22. The number of para-hydroxylation sites is 1. The van der Waals surface area contributed by atoms with E-state index in [9.17, 15) is 19.6 Å². The fourth-order valence-electron chi connectivity index (χ4n) is 2.91. The molecular formula is C27H32N2O6S. The number of benzene rings is 1. The Hall–Kier alpha value is -3.51. The van der Waals surface area contributed by atoms with E-state index in [1.807, 2.05) is 51.1 Å². The van der Waals surface area contributed by atoms with Gasteiger partial charge in [-0.25, -0.2) is 9.59 Å². The molecule has 1 aliphatic rings. The lowest BCUT2D eigenvalue weighted by atomic mass is 9.91. The second kappa shape index (κ2) is 13.5. The summed E-state index contributed by atoms with van der Waals surface area (Å²) in [7, 11) is 0. The maximum absolute atomic E-state index is 12.3. The van der Waals surface area contributed by atoms with E-state index in [0.29, 0.717) is 26.0 Å². The number of thioether (sulfide) groups is 1. The first-order valence-corrected chi connectivity index (χ1v) is 12.5. The Labute approximate surface area is 216 Å². The van der Waals surface area contributed by atoms with Gasteiger partial charge in [-0.2, -0.15) is 5.26 Å². The van der Waals surface area contributed by atoms with Crippen LogP contribution in [0.4, 0.5) is 5.69 Å². The number of nitriles is 1. The number of anilines is 1. The number of allylic oxidation sites excluding steroid dienone is 2. The Balaban J connectivity index is 2.03. The molecule has 0 unspecified atom stereocenters. The molecule has 0 bridgehead atoms. The highest BCUT2D eigenvalue weighted by molar-refractivity contribution is 8.03. The summed E-state index contributed by atoms with van der Waals surface area (Å²) in [6.07, 6.45) is 4.41. The SMILES string of the molecule is C=C(C)C(=O)OCCOC(=O)/C(C#N)=C\C=C1\Sc2ccccc2N1CCCOC(=O)C(C)(C)CC. The molecule has 1 aromatic carbocycles. The number of fused-ring (bicyclic) bond motifs is 1. The second-order valence-corrected chi connectivity index (χ2v) is 9.76. The number of ether oxygens (including phenoxy) is 3. The number of carbonyl (C=O) groups excluding carboxylic acids is 3. The average molecular weight is 513 g/mol. The van der Waals surface area contributed by atoms with Crippen LogP contribution in [0.5, 0.6) is 0 Å². The summed E-state index contributed by atoms with van der Waals surface area (Å²) in [5, 5.41) is 10.3. The lowest BCUT2D eigenvalue weighted by molar-refractivity contribution is -0.154. The lowest BCUT2D eigenvalue weighted by Crippen LogP contribution is -2.27. The van der Waals surface area contributed by atoms with Gasteiger partial charge in [0.15, 0.2) is 0 Å². The molecule has 0 fully saturated rings. The highest BCUT2D eigenvalue weighted by Gasteiger charge is 2.28. The van der Waals surface area contributed by atoms with E-state index in [2.05, 4.69) is 11.5 Å². The van der Waals surface area contributed by atoms with Crippen LogP contribution in [0, 0.1) is 16.7 Å². The normalized spacial score (nSPS) is 14.1. The largest absolute Gasteiger partial charge is 0.465 e. The van der Waals surface area contributed by atoms with Crippen LogP contribution in [-0.2, 0) is 28.6 Å². The quantitative estimate of drug-likeness (QED) is 0.127. The van der Waals surface area contributed by atoms with Gasteiger partial charge < -0.3 is 19.1 Å². The topological polar surface area (TPSA) is 106 Å². The fourth-order valence-corrected chi connectivity index (χ4v) is 4.00. The fraction of sp³-hybridized carbons (Fsp3) is 0.407. The predicted octanol–water partition coefficient (Wildman–Crippen LogP) is 4.92. The van der Waals surface area contributed by atoms with E-state index >= 15 is 0 Å². The van der Waals surface area contributed by atoms with Gasteiger partial charge in [0.1, 0.15) is 24.9 Å². The van der Waals surface area contributed by atoms with Gasteiger partial charge in [0.2, 0.25) is 0 Å². The molecule has 0 aliphatic carbocycles. The molecule has 0 aromatic heterocycles. The minimum atomic E-state index is -0.807. The van der Waals surface area contributed by atoms with Gasteiger partial charge in [0.05, 0.1) is 22.7 Å². The Kier molecular flexibility index (Phi) is 10.8. The number of nitrogens with zero attached hydrogens (tertiary/aromatic N) is 2. The number of carbonyl (C=O) groups is 3. The molecular weight excluding hydrogens is 480 g/mol. The molecule has 0 saturated carbocycles. The first-order chi connectivity index (χ1) is 17.1. The summed E-state index contributed by atoms with van der Waals surface area (Å²) in [5.74, 6) is -1.60. The summed E-state index contributed by atoms with van der Waals surface area (Å²) in [4.78, 5) is 39.0. The van der Waals surface area contributed by atoms with Crippen molar-refractivity contribution in [1.82, 2.24) is 0 Å². The van der Waals surface area contributed by atoms with Gasteiger partial charge in [-0.1, -0.05) is 37.4 Å². The minimum absolute atomic E-state index is 0.129. The zero-order chi connectivity index (χ0) is 26.7. The maximum atomic E-state index is 12.3. The molecule has 2 rings (SSSR count). The zero-order valence-corrected chi connectivity index (χ0v) is 22.0. The van der Waals surface area contributed by atoms with Crippen LogP contribution in [0.2, 0.25) is 0 Å². The van der Waals surface area contributed by atoms with Crippen molar-refractivity contribution >= 4 is 35.4 Å². The van der Waals surface area contributed by atoms with E-state index in [1.165, 1.54) is 24.8 Å². The van der Waals surface area contributed by atoms with Crippen LogP contribution in [0.25, 0.3) is 0 Å². The molecule has 0 amide bonds. The third kappa shape index (κ3) is 8.02. The summed E-state index contributed by atoms with van der Waals surface area (Å²) in [6.45, 7) is 11.2. The molecule has 1 aliphatic heterocycles. The third-order valence-electron chi connectivity index (χ3n) is 5.46. The van der Waals surface area contributed by atoms with Gasteiger partial charge >= 0.3 is 17.9 Å². The van der Waals surface area contributed by atoms with Crippen LogP contribution in [0.15, 0.2) is 64.1 Å². The van der Waals surface area contributed by atoms with Crippen molar-refractivity contribution in [3.05, 3.63) is 59.2 Å². The summed E-state index contributed by atoms with van der Waals surface area (Å²) >= 11 is 1.52. The minimum Gasteiger partial charge on any atom is -0.465 e. The van der Waals surface area contributed by atoms with E-state index in [-0.39, 0.29) is 30.3 Å². The first kappa shape index (κ1) is 28.7. The molecule has 1 heterocycles. The van der Waals surface area contributed by atoms with E-state index in [4.69, 9.17) is 14.2 Å². The second-order valence-electron chi connectivity index (χ2n) is 8.70. The van der Waals surface area contributed by atoms with E-state index in [0.717, 1.165) is 15.6 Å². The van der Waals surface area contributed by atoms with Gasteiger partial charge in [0.25, 0.3) is 0 Å². The number of rotatable bonds is 12. The molecule has 36 heavy (non-hydrogen) atoms. The number of hydrogen-bond donors (Lipinski definition) is 0. The number of hydrogen-bond acceptors (Lipinski definition) is 9. The molecule has 1 aromatic rings. The third-order valence-corrected chi connectivity index (χ3v) is 6.59. The first-order valence-electron chi connectivity index (χ1n) is 11.6. The van der Waals surface area contributed by atoms with Crippen LogP contribution in [0.3, 0.4) is 0 Å². The Morgan fingerprint density at radius 3 is 2.42 bits per heavy atom. The van der Waals surface area contributed by atoms with Crippen molar-refractivity contribution in [3.63, 3.8) is 0 Å². The highest BCUT2D eigenvalue weighted by atomic mass is 32.2. The summed E-state index contributed by atoms with van der Waals surface area (Å²) in [5.41, 5.74) is 0.553. The molecule has 8 nitrogen and oxygen atoms in total. The molecule has 0 N–H and O–H groups in total. The molecule has 0 saturated heterocycles. The van der Waals surface area contributed by atoms with Crippen molar-refractivity contribution in [2.24, 2.45) is 5.41 Å². The predicted molar refractivity (Wildman–Crippen MR) is 138 cm³/mol. The molecule has 9 heteroatoms. The monoisotopic (exact) mass is 512 g/mol. The van der Waals surface area contributed by atoms with Crippen molar-refractivity contribution in [2.45, 2.75) is 45.4 Å². The van der Waals surface area contributed by atoms with Gasteiger partial charge in [-0.15, -0.1) is 0 Å². The van der Waals surface area contributed by atoms with E-state index < -0.39 is 17.4 Å². The maximum Gasteiger partial charge on any atom is 0.349 e. The molecule has 192 valence electrons. The van der Waals surface area contributed by atoms with Gasteiger partial charge in [-0.3, -0.25) is 4.79 Å². The zero-order valence-electron chi connectivity index (χ0n) is 21.2. The summed E-state index contributed by atoms with van der Waals surface area (Å²) in [6, 6.07) is 9.71. The smallest absolute Gasteiger partial charge is 0.349 e. The van der Waals surface area contributed by atoms with Gasteiger partial charge in [0, 0.05) is 17.0 Å². The Morgan fingerprint density at radius 2 is 1.78 bits per heavy atom. The van der Waals surface area contributed by atoms with Crippen molar-refractivity contribution in [2.75, 3.05) is 31.3 Å². The molecule has 0 atom stereocenters. The van der Waals surface area contributed by atoms with Gasteiger partial charge in [-0.05, 0) is 57.9 Å². The van der Waals surface area contributed by atoms with Crippen LogP contribution in [0.1, 0.15) is 40.5 Å². The molecule has 0 spiro atoms. The van der Waals surface area contributed by atoms with E-state index in [1.54, 1.807) is 6.08 Å². The Bertz CT molecular complexity index is 1100. The van der Waals surface area contributed by atoms with Crippen LogP contribution < -0.4 is 4.90 Å². The molecule has 0 radical (unpaired) electrons. The average Bonchev–Trinajstić information content (AvgIpc) is 3.21. The standard InChI is InChI=1S/C27H32N2O6S/c1-6-27(4,5)26(32)35-15-9-14-29-21-10-7-8-11-22(21)36-23(29)13-12-20(18-28)25(31)34-17-16-33-24(30)19(2)3/h7-8,10-13H,2,6,9,14-17H2,1,3-5H3/b20-12-,23-13+. The number of esters is 3. The van der Waals surface area contributed by atoms with Crippen LogP contribution >= 0.6 is 11.8 Å². The van der Waals surface area contributed by atoms with Crippen molar-refractivity contribution < 1.29 is 28.6 Å². The summed E-state index contributed by atoms with van der Waals surface area (Å²) < 4.78 is 15.4. The van der Waals surface area contributed by atoms with Crippen molar-refractivity contribution in [1.29, 1.82) is 5.26 Å². The Morgan fingerprint density at radius 1 is 1.11 bits per heavy atom. The van der Waals surface area contributed by atoms with Crippen LogP contribution in [-0.4, -0.2) is 44.3 Å². The van der Waals surface area contributed by atoms with Crippen molar-refractivity contribution in [3.8, 4) is 6.07 Å². The highest BCUT2D eigenvalue weighted by Crippen LogP contribution is 2.45.